The Morgan fingerprint density at radius 1 is 1.00 bits per heavy atom. The monoisotopic (exact) mass is 322 g/mol. The van der Waals surface area contributed by atoms with Crippen molar-refractivity contribution in [2.75, 3.05) is 5.32 Å². The summed E-state index contributed by atoms with van der Waals surface area (Å²) in [5.74, 6) is -1.26. The Labute approximate surface area is 140 Å². The van der Waals surface area contributed by atoms with Crippen LogP contribution in [0.2, 0.25) is 0 Å². The van der Waals surface area contributed by atoms with Crippen molar-refractivity contribution < 1.29 is 14.4 Å². The second kappa shape index (κ2) is 5.92. The maximum Gasteiger partial charge on any atom is 0.262 e. The van der Waals surface area contributed by atoms with Gasteiger partial charge in [-0.05, 0) is 44.5 Å². The fourth-order valence-corrected chi connectivity index (χ4v) is 2.87. The fourth-order valence-electron chi connectivity index (χ4n) is 2.87. The quantitative estimate of drug-likeness (QED) is 0.884. The van der Waals surface area contributed by atoms with Gasteiger partial charge in [0.25, 0.3) is 11.8 Å². The van der Waals surface area contributed by atoms with Crippen LogP contribution in [0, 0.1) is 13.8 Å². The first kappa shape index (κ1) is 15.9. The van der Waals surface area contributed by atoms with Crippen molar-refractivity contribution >= 4 is 23.4 Å². The van der Waals surface area contributed by atoms with Gasteiger partial charge in [-0.1, -0.05) is 29.8 Å². The largest absolute Gasteiger partial charge is 0.324 e. The number of nitrogens with zero attached hydrogens (tertiary/aromatic N) is 1. The third-order valence-electron chi connectivity index (χ3n) is 4.23. The van der Waals surface area contributed by atoms with Crippen LogP contribution in [0.5, 0.6) is 0 Å². The number of nitrogens with one attached hydrogen (secondary N) is 1. The first-order chi connectivity index (χ1) is 11.4. The molecule has 2 aromatic carbocycles. The van der Waals surface area contributed by atoms with Gasteiger partial charge in [0.15, 0.2) is 0 Å². The van der Waals surface area contributed by atoms with Crippen molar-refractivity contribution in [2.45, 2.75) is 26.8 Å². The molecular weight excluding hydrogens is 304 g/mol. The van der Waals surface area contributed by atoms with Gasteiger partial charge < -0.3 is 5.32 Å². The van der Waals surface area contributed by atoms with Crippen molar-refractivity contribution in [1.82, 2.24) is 4.90 Å². The molecule has 2 aromatic rings. The Morgan fingerprint density at radius 3 is 2.12 bits per heavy atom. The molecule has 0 bridgehead atoms. The molecule has 0 aromatic heterocycles. The highest BCUT2D eigenvalue weighted by molar-refractivity contribution is 6.23. The van der Waals surface area contributed by atoms with E-state index in [1.165, 1.54) is 0 Å². The lowest BCUT2D eigenvalue weighted by Crippen LogP contribution is -2.45. The number of carbonyl (C=O) groups excluding carboxylic acids is 3. The molecule has 3 amide bonds. The van der Waals surface area contributed by atoms with Crippen LogP contribution < -0.4 is 5.32 Å². The van der Waals surface area contributed by atoms with Gasteiger partial charge in [0.1, 0.15) is 6.04 Å². The molecule has 0 unspecified atom stereocenters. The minimum atomic E-state index is -0.891. The van der Waals surface area contributed by atoms with Crippen LogP contribution in [0.3, 0.4) is 0 Å². The van der Waals surface area contributed by atoms with E-state index in [-0.39, 0.29) is 0 Å². The SMILES string of the molecule is Cc1ccc(NC(=O)[C@@H](C)N2C(=O)c3ccccc3C2=O)c(C)c1. The van der Waals surface area contributed by atoms with Crippen molar-refractivity contribution in [3.05, 3.63) is 64.7 Å². The molecule has 1 heterocycles. The molecule has 1 atom stereocenters. The van der Waals surface area contributed by atoms with Gasteiger partial charge in [-0.25, -0.2) is 0 Å². The summed E-state index contributed by atoms with van der Waals surface area (Å²) >= 11 is 0. The molecule has 1 N–H and O–H groups in total. The Morgan fingerprint density at radius 2 is 1.58 bits per heavy atom. The van der Waals surface area contributed by atoms with Gasteiger partial charge >= 0.3 is 0 Å². The fraction of sp³-hybridized carbons (Fsp3) is 0.211. The van der Waals surface area contributed by atoms with Crippen LogP contribution in [0.15, 0.2) is 42.5 Å². The second-order valence-corrected chi connectivity index (χ2v) is 6.01. The van der Waals surface area contributed by atoms with Gasteiger partial charge in [0, 0.05) is 5.69 Å². The number of hydrogen-bond acceptors (Lipinski definition) is 3. The number of carbonyl (C=O) groups is 3. The normalized spacial score (nSPS) is 14.5. The highest BCUT2D eigenvalue weighted by Crippen LogP contribution is 2.25. The number of anilines is 1. The molecular formula is C19H18N2O3. The summed E-state index contributed by atoms with van der Waals surface area (Å²) in [7, 11) is 0. The van der Waals surface area contributed by atoms with Crippen LogP contribution in [-0.2, 0) is 4.79 Å². The van der Waals surface area contributed by atoms with Crippen LogP contribution in [0.4, 0.5) is 5.69 Å². The maximum absolute atomic E-state index is 12.5. The smallest absolute Gasteiger partial charge is 0.262 e. The molecule has 0 aliphatic carbocycles. The average Bonchev–Trinajstić information content (AvgIpc) is 2.81. The highest BCUT2D eigenvalue weighted by atomic mass is 16.2. The highest BCUT2D eigenvalue weighted by Gasteiger charge is 2.40. The zero-order chi connectivity index (χ0) is 17.4. The molecule has 0 spiro atoms. The molecule has 0 radical (unpaired) electrons. The number of fused-ring (bicyclic) bond motifs is 1. The van der Waals surface area contributed by atoms with E-state index in [1.807, 2.05) is 32.0 Å². The zero-order valence-electron chi connectivity index (χ0n) is 13.8. The third kappa shape index (κ3) is 2.58. The Kier molecular flexibility index (Phi) is 3.93. The summed E-state index contributed by atoms with van der Waals surface area (Å²) in [5, 5.41) is 2.80. The van der Waals surface area contributed by atoms with Crippen LogP contribution in [0.25, 0.3) is 0 Å². The molecule has 0 saturated carbocycles. The Bertz CT molecular complexity index is 822. The number of amides is 3. The number of rotatable bonds is 3. The minimum absolute atomic E-state index is 0.341. The Balaban J connectivity index is 1.82. The van der Waals surface area contributed by atoms with Crippen molar-refractivity contribution in [1.29, 1.82) is 0 Å². The van der Waals surface area contributed by atoms with Gasteiger partial charge in [0.05, 0.1) is 11.1 Å². The predicted octanol–water partition coefficient (Wildman–Crippen LogP) is 2.93. The van der Waals surface area contributed by atoms with Gasteiger partial charge in [-0.15, -0.1) is 0 Å². The zero-order valence-corrected chi connectivity index (χ0v) is 13.8. The summed E-state index contributed by atoms with van der Waals surface area (Å²) in [4.78, 5) is 38.4. The number of imide groups is 1. The molecule has 1 aliphatic heterocycles. The lowest BCUT2D eigenvalue weighted by molar-refractivity contribution is -0.119. The van der Waals surface area contributed by atoms with E-state index < -0.39 is 23.8 Å². The molecule has 122 valence electrons. The summed E-state index contributed by atoms with van der Waals surface area (Å²) in [6.07, 6.45) is 0. The van der Waals surface area contributed by atoms with Crippen molar-refractivity contribution in [2.24, 2.45) is 0 Å². The van der Waals surface area contributed by atoms with Crippen molar-refractivity contribution in [3.8, 4) is 0 Å². The number of hydrogen-bond donors (Lipinski definition) is 1. The summed E-state index contributed by atoms with van der Waals surface area (Å²) in [6.45, 7) is 5.43. The van der Waals surface area contributed by atoms with E-state index in [9.17, 15) is 14.4 Å². The number of aryl methyl sites for hydroxylation is 2. The van der Waals surface area contributed by atoms with E-state index in [1.54, 1.807) is 31.2 Å². The van der Waals surface area contributed by atoms with E-state index >= 15 is 0 Å². The molecule has 3 rings (SSSR count). The first-order valence-corrected chi connectivity index (χ1v) is 7.75. The summed E-state index contributed by atoms with van der Waals surface area (Å²) < 4.78 is 0. The van der Waals surface area contributed by atoms with E-state index in [4.69, 9.17) is 0 Å². The predicted molar refractivity (Wildman–Crippen MR) is 90.9 cm³/mol. The van der Waals surface area contributed by atoms with Gasteiger partial charge in [0.2, 0.25) is 5.91 Å². The second-order valence-electron chi connectivity index (χ2n) is 6.01. The Hall–Kier alpha value is -2.95. The molecule has 1 aliphatic rings. The maximum atomic E-state index is 12.5. The van der Waals surface area contributed by atoms with Crippen LogP contribution >= 0.6 is 0 Å². The summed E-state index contributed by atoms with van der Waals surface area (Å²) in [6, 6.07) is 11.4. The standard InChI is InChI=1S/C19H18N2O3/c1-11-8-9-16(12(2)10-11)20-17(22)13(3)21-18(23)14-6-4-5-7-15(14)19(21)24/h4-10,13H,1-3H3,(H,20,22)/t13-/m1/s1. The molecule has 0 saturated heterocycles. The van der Waals surface area contributed by atoms with Gasteiger partial charge in [-0.3, -0.25) is 19.3 Å². The molecule has 0 fully saturated rings. The van der Waals surface area contributed by atoms with Gasteiger partial charge in [-0.2, -0.15) is 0 Å². The first-order valence-electron chi connectivity index (χ1n) is 7.75. The molecule has 5 heteroatoms. The third-order valence-corrected chi connectivity index (χ3v) is 4.23. The topological polar surface area (TPSA) is 66.5 Å². The lowest BCUT2D eigenvalue weighted by Gasteiger charge is -2.22. The summed E-state index contributed by atoms with van der Waals surface area (Å²) in [5.41, 5.74) is 3.38. The van der Waals surface area contributed by atoms with E-state index in [0.29, 0.717) is 16.8 Å². The lowest BCUT2D eigenvalue weighted by atomic mass is 10.1. The minimum Gasteiger partial charge on any atom is -0.324 e. The van der Waals surface area contributed by atoms with E-state index in [0.717, 1.165) is 16.0 Å². The van der Waals surface area contributed by atoms with Crippen LogP contribution in [0.1, 0.15) is 38.8 Å². The molecule has 24 heavy (non-hydrogen) atoms. The van der Waals surface area contributed by atoms with Crippen LogP contribution in [-0.4, -0.2) is 28.7 Å². The average molecular weight is 322 g/mol. The van der Waals surface area contributed by atoms with Crippen molar-refractivity contribution in [3.63, 3.8) is 0 Å². The molecule has 5 nitrogen and oxygen atoms in total. The number of benzene rings is 2. The van der Waals surface area contributed by atoms with E-state index in [2.05, 4.69) is 5.32 Å².